The summed E-state index contributed by atoms with van der Waals surface area (Å²) in [5.74, 6) is -3.47. The van der Waals surface area contributed by atoms with Crippen LogP contribution in [0, 0.1) is 17.3 Å². The molecule has 5 aliphatic rings. The number of fused-ring (bicyclic) bond motifs is 4. The lowest BCUT2D eigenvalue weighted by Crippen LogP contribution is -2.55. The molecule has 2 unspecified atom stereocenters. The van der Waals surface area contributed by atoms with Crippen LogP contribution >= 0.6 is 0 Å². The molecule has 3 aromatic heterocycles. The van der Waals surface area contributed by atoms with Crippen molar-refractivity contribution in [3.8, 4) is 11.4 Å². The number of imide groups is 1. The van der Waals surface area contributed by atoms with Gasteiger partial charge in [-0.25, -0.2) is 13.6 Å². The smallest absolute Gasteiger partial charge is 0.329 e. The van der Waals surface area contributed by atoms with Crippen molar-refractivity contribution in [2.75, 3.05) is 62.7 Å². The fourth-order valence-electron chi connectivity index (χ4n) is 10.8. The number of aromatic amines is 2. The second kappa shape index (κ2) is 14.1. The van der Waals surface area contributed by atoms with Crippen LogP contribution in [-0.4, -0.2) is 117 Å². The number of alkyl halides is 2. The van der Waals surface area contributed by atoms with Gasteiger partial charge in [-0.1, -0.05) is 19.1 Å². The van der Waals surface area contributed by atoms with Crippen molar-refractivity contribution in [2.45, 2.75) is 70.4 Å². The molecule has 6 heterocycles. The molecule has 60 heavy (non-hydrogen) atoms. The van der Waals surface area contributed by atoms with Crippen LogP contribution in [0.4, 0.5) is 20.2 Å². The molecule has 3 N–H and O–H groups in total. The summed E-state index contributed by atoms with van der Waals surface area (Å²) in [6.45, 7) is 9.78. The first-order chi connectivity index (χ1) is 28.7. The van der Waals surface area contributed by atoms with Crippen molar-refractivity contribution < 1.29 is 23.2 Å². The van der Waals surface area contributed by atoms with Gasteiger partial charge in [-0.15, -0.1) is 0 Å². The number of halogens is 2. The average molecular weight is 823 g/mol. The maximum Gasteiger partial charge on any atom is 0.329 e. The molecule has 2 aliphatic carbocycles. The molecule has 3 saturated heterocycles. The van der Waals surface area contributed by atoms with Crippen LogP contribution in [0.1, 0.15) is 56.8 Å². The molecule has 0 bridgehead atoms. The minimum atomic E-state index is -2.65. The van der Waals surface area contributed by atoms with Crippen molar-refractivity contribution in [1.29, 1.82) is 0 Å². The number of likely N-dealkylation sites (N-methyl/N-ethyl adjacent to an activating group) is 1. The highest BCUT2D eigenvalue weighted by Crippen LogP contribution is 2.70. The first-order valence-corrected chi connectivity index (χ1v) is 21.3. The van der Waals surface area contributed by atoms with Gasteiger partial charge in [0.2, 0.25) is 17.7 Å². The zero-order valence-electron chi connectivity index (χ0n) is 34.6. The molecule has 14 nitrogen and oxygen atoms in total. The lowest BCUT2D eigenvalue weighted by atomic mass is 9.87. The number of anilines is 2. The number of imidazole rings is 1. The third-order valence-electron chi connectivity index (χ3n) is 14.8. The Labute approximate surface area is 345 Å². The number of rotatable bonds is 8. The van der Waals surface area contributed by atoms with Gasteiger partial charge in [-0.3, -0.25) is 38.8 Å². The number of benzene rings is 2. The minimum absolute atomic E-state index is 0.0247. The standard InChI is InChI=1S/C44H52F2N10O4/c1-25(41(59)51(3)28-9-8-27-20-31(47-30(27)21-28)38-29-22-36-43(2,44(36,45)46)23-32(29)49-50-38)54-18-16-53(17-19-54)24-26-12-14-55(15-13-26)33-6-5-7-34-39(33)52(4)42(60)56(34)35-10-11-37(57)48-40(35)58/h5-9,20-21,25-26,35-36,47H,10-19,22-24H2,1-4H3,(H,49,50)(H,48,57,58)/t25?,35?,36-,43+/m0/s1. The summed E-state index contributed by atoms with van der Waals surface area (Å²) in [4.78, 5) is 64.1. The average Bonchev–Trinajstić information content (AvgIpc) is 3.73. The molecule has 3 amide bonds. The molecule has 10 rings (SSSR count). The predicted octanol–water partition coefficient (Wildman–Crippen LogP) is 4.44. The fraction of sp³-hybridized carbons (Fsp3) is 0.523. The van der Waals surface area contributed by atoms with Crippen LogP contribution in [0.3, 0.4) is 0 Å². The SMILES string of the molecule is CC(C(=O)N(C)c1ccc2cc(-c3n[nH]c4c3C[C@@H]3C(F)(F)[C@]3(C)C4)[nH]c2c1)N1CCN(CC2CCN(c3cccc4c3n(C)c(=O)n4C3CCC(=O)NC3=O)CC2)CC1. The molecule has 4 fully saturated rings. The number of amides is 3. The Hall–Kier alpha value is -5.35. The van der Waals surface area contributed by atoms with Crippen molar-refractivity contribution in [3.05, 3.63) is 64.2 Å². The molecular formula is C44H52F2N10O4. The van der Waals surface area contributed by atoms with Gasteiger partial charge in [0.25, 0.3) is 5.92 Å². The lowest BCUT2D eigenvalue weighted by molar-refractivity contribution is -0.135. The number of piperazine rings is 1. The number of nitrogens with zero attached hydrogens (tertiary/aromatic N) is 7. The zero-order valence-corrected chi connectivity index (χ0v) is 34.6. The van der Waals surface area contributed by atoms with Gasteiger partial charge in [-0.05, 0) is 68.9 Å². The van der Waals surface area contributed by atoms with Gasteiger partial charge in [-0.2, -0.15) is 5.10 Å². The maximum atomic E-state index is 14.6. The topological polar surface area (TPSA) is 148 Å². The number of para-hydroxylation sites is 1. The number of carbonyl (C=O) groups is 3. The van der Waals surface area contributed by atoms with Gasteiger partial charge in [0.05, 0.1) is 28.5 Å². The van der Waals surface area contributed by atoms with E-state index in [0.29, 0.717) is 36.4 Å². The van der Waals surface area contributed by atoms with Gasteiger partial charge < -0.3 is 19.7 Å². The Morgan fingerprint density at radius 2 is 1.78 bits per heavy atom. The van der Waals surface area contributed by atoms with E-state index in [-0.39, 0.29) is 30.0 Å². The first-order valence-electron chi connectivity index (χ1n) is 21.3. The Morgan fingerprint density at radius 3 is 2.53 bits per heavy atom. The predicted molar refractivity (Wildman–Crippen MR) is 224 cm³/mol. The van der Waals surface area contributed by atoms with E-state index in [9.17, 15) is 28.0 Å². The van der Waals surface area contributed by atoms with Gasteiger partial charge in [0, 0.05) is 112 Å². The Bertz CT molecular complexity index is 2610. The summed E-state index contributed by atoms with van der Waals surface area (Å²) >= 11 is 0. The van der Waals surface area contributed by atoms with Crippen LogP contribution in [0.2, 0.25) is 0 Å². The van der Waals surface area contributed by atoms with E-state index in [0.717, 1.165) is 103 Å². The highest BCUT2D eigenvalue weighted by atomic mass is 19.3. The first kappa shape index (κ1) is 38.8. The lowest BCUT2D eigenvalue weighted by Gasteiger charge is -2.41. The van der Waals surface area contributed by atoms with E-state index in [1.807, 2.05) is 50.4 Å². The molecule has 1 saturated carbocycles. The monoisotopic (exact) mass is 822 g/mol. The summed E-state index contributed by atoms with van der Waals surface area (Å²) in [5, 5.41) is 10.9. The summed E-state index contributed by atoms with van der Waals surface area (Å²) in [6.07, 6.45) is 3.17. The normalized spacial score (nSPS) is 25.3. The molecule has 5 aromatic rings. The zero-order chi connectivity index (χ0) is 41.8. The van der Waals surface area contributed by atoms with E-state index >= 15 is 0 Å². The third-order valence-corrected chi connectivity index (χ3v) is 14.8. The highest BCUT2D eigenvalue weighted by Gasteiger charge is 2.78. The second-order valence-corrected chi connectivity index (χ2v) is 18.1. The molecule has 0 radical (unpaired) electrons. The van der Waals surface area contributed by atoms with E-state index in [1.165, 1.54) is 0 Å². The number of hydrogen-bond acceptors (Lipinski definition) is 8. The molecule has 0 spiro atoms. The Kier molecular flexibility index (Phi) is 9.13. The van der Waals surface area contributed by atoms with E-state index in [1.54, 1.807) is 28.0 Å². The highest BCUT2D eigenvalue weighted by molar-refractivity contribution is 6.01. The second-order valence-electron chi connectivity index (χ2n) is 18.1. The molecule has 3 aliphatic heterocycles. The quantitative estimate of drug-likeness (QED) is 0.195. The molecule has 316 valence electrons. The van der Waals surface area contributed by atoms with Crippen molar-refractivity contribution in [1.82, 2.24) is 39.4 Å². The minimum Gasteiger partial charge on any atom is -0.370 e. The van der Waals surface area contributed by atoms with E-state index in [2.05, 4.69) is 41.3 Å². The molecular weight excluding hydrogens is 771 g/mol. The van der Waals surface area contributed by atoms with Crippen molar-refractivity contribution in [2.24, 2.45) is 24.3 Å². The summed E-state index contributed by atoms with van der Waals surface area (Å²) < 4.78 is 32.3. The van der Waals surface area contributed by atoms with Crippen molar-refractivity contribution >= 4 is 51.0 Å². The number of aromatic nitrogens is 5. The molecule has 16 heteroatoms. The summed E-state index contributed by atoms with van der Waals surface area (Å²) in [5.41, 5.74) is 6.03. The molecule has 4 atom stereocenters. The van der Waals surface area contributed by atoms with Gasteiger partial charge in [0.15, 0.2) is 0 Å². The third kappa shape index (κ3) is 6.11. The van der Waals surface area contributed by atoms with Crippen molar-refractivity contribution in [3.63, 3.8) is 0 Å². The number of piperidine rings is 2. The fourth-order valence-corrected chi connectivity index (χ4v) is 10.8. The number of aryl methyl sites for hydroxylation is 1. The van der Waals surface area contributed by atoms with E-state index < -0.39 is 29.2 Å². The summed E-state index contributed by atoms with van der Waals surface area (Å²) in [7, 11) is 3.57. The maximum absolute atomic E-state index is 14.6. The number of hydrogen-bond donors (Lipinski definition) is 3. The number of carbonyl (C=O) groups excluding carboxylic acids is 3. The Morgan fingerprint density at radius 1 is 1.02 bits per heavy atom. The number of H-pyrrole nitrogens is 2. The van der Waals surface area contributed by atoms with Crippen LogP contribution in [-0.2, 0) is 34.3 Å². The van der Waals surface area contributed by atoms with E-state index in [4.69, 9.17) is 0 Å². The van der Waals surface area contributed by atoms with Crippen LogP contribution in [0.15, 0.2) is 47.3 Å². The largest absolute Gasteiger partial charge is 0.370 e. The van der Waals surface area contributed by atoms with Gasteiger partial charge >= 0.3 is 5.69 Å². The van der Waals surface area contributed by atoms with Crippen LogP contribution < -0.4 is 20.8 Å². The number of nitrogens with one attached hydrogen (secondary N) is 3. The Balaban J connectivity index is 0.732. The summed E-state index contributed by atoms with van der Waals surface area (Å²) in [6, 6.07) is 12.8. The van der Waals surface area contributed by atoms with Crippen LogP contribution in [0.25, 0.3) is 33.3 Å². The van der Waals surface area contributed by atoms with Crippen LogP contribution in [0.5, 0.6) is 0 Å². The molecule has 2 aromatic carbocycles. The van der Waals surface area contributed by atoms with Gasteiger partial charge in [0.1, 0.15) is 11.7 Å².